The molecule has 0 spiro atoms. The molecule has 1 aromatic heterocycles. The summed E-state index contributed by atoms with van der Waals surface area (Å²) in [4.78, 5) is 16.5. The van der Waals surface area contributed by atoms with Crippen LogP contribution >= 0.6 is 0 Å². The third-order valence-corrected chi connectivity index (χ3v) is 3.36. The van der Waals surface area contributed by atoms with Gasteiger partial charge in [-0.3, -0.25) is 4.79 Å². The van der Waals surface area contributed by atoms with Crippen LogP contribution in [0.1, 0.15) is 12.0 Å². The lowest BCUT2D eigenvalue weighted by Crippen LogP contribution is -2.24. The molecule has 0 aliphatic heterocycles. The van der Waals surface area contributed by atoms with Gasteiger partial charge in [0.25, 0.3) is 0 Å². The Morgan fingerprint density at radius 2 is 2.11 bits per heavy atom. The number of benzene rings is 1. The van der Waals surface area contributed by atoms with Crippen LogP contribution in [0.25, 0.3) is 10.9 Å². The molecular formula is C15H20N2O2. The molecule has 0 saturated carbocycles. The second-order valence-electron chi connectivity index (χ2n) is 4.74. The maximum atomic E-state index is 11.1. The molecule has 0 atom stereocenters. The van der Waals surface area contributed by atoms with Gasteiger partial charge in [-0.25, -0.2) is 0 Å². The fourth-order valence-corrected chi connectivity index (χ4v) is 2.15. The summed E-state index contributed by atoms with van der Waals surface area (Å²) in [5.41, 5.74) is 2.50. The molecule has 1 aromatic carbocycles. The van der Waals surface area contributed by atoms with Crippen molar-refractivity contribution in [2.45, 2.75) is 12.8 Å². The van der Waals surface area contributed by atoms with Gasteiger partial charge in [0.15, 0.2) is 0 Å². The van der Waals surface area contributed by atoms with Crippen molar-refractivity contribution >= 4 is 16.9 Å². The van der Waals surface area contributed by atoms with E-state index >= 15 is 0 Å². The van der Waals surface area contributed by atoms with E-state index < -0.39 is 0 Å². The number of ether oxygens (including phenoxy) is 1. The second-order valence-corrected chi connectivity index (χ2v) is 4.74. The number of carbonyl (C=O) groups excluding carboxylic acids is 1. The number of rotatable bonds is 6. The lowest BCUT2D eigenvalue weighted by atomic mass is 10.1. The number of carbonyl (C=O) groups is 1. The van der Waals surface area contributed by atoms with Crippen molar-refractivity contribution < 1.29 is 9.53 Å². The predicted molar refractivity (Wildman–Crippen MR) is 76.1 cm³/mol. The van der Waals surface area contributed by atoms with Crippen LogP contribution < -0.4 is 0 Å². The summed E-state index contributed by atoms with van der Waals surface area (Å²) in [6.45, 7) is 1.66. The Bertz CT molecular complexity index is 548. The molecule has 2 aromatic rings. The van der Waals surface area contributed by atoms with E-state index in [0.29, 0.717) is 6.42 Å². The maximum Gasteiger partial charge on any atom is 0.306 e. The molecule has 0 unspecified atom stereocenters. The first kappa shape index (κ1) is 13.6. The molecule has 4 nitrogen and oxygen atoms in total. The molecule has 0 fully saturated rings. The van der Waals surface area contributed by atoms with E-state index in [9.17, 15) is 4.79 Å². The van der Waals surface area contributed by atoms with E-state index in [1.54, 1.807) is 0 Å². The highest BCUT2D eigenvalue weighted by molar-refractivity contribution is 5.83. The van der Waals surface area contributed by atoms with Crippen molar-refractivity contribution in [3.8, 4) is 0 Å². The lowest BCUT2D eigenvalue weighted by molar-refractivity contribution is -0.140. The summed E-state index contributed by atoms with van der Waals surface area (Å²) < 4.78 is 4.64. The molecule has 0 aliphatic carbocycles. The minimum Gasteiger partial charge on any atom is -0.469 e. The number of fused-ring (bicyclic) bond motifs is 1. The first-order valence-corrected chi connectivity index (χ1v) is 6.51. The highest BCUT2D eigenvalue weighted by Crippen LogP contribution is 2.18. The van der Waals surface area contributed by atoms with E-state index in [1.165, 1.54) is 23.6 Å². The summed E-state index contributed by atoms with van der Waals surface area (Å²) >= 11 is 0. The van der Waals surface area contributed by atoms with Gasteiger partial charge in [-0.1, -0.05) is 18.2 Å². The van der Waals surface area contributed by atoms with Crippen molar-refractivity contribution in [3.63, 3.8) is 0 Å². The van der Waals surface area contributed by atoms with Crippen LogP contribution in [0.3, 0.4) is 0 Å². The summed E-state index contributed by atoms with van der Waals surface area (Å²) in [7, 11) is 3.45. The molecule has 0 radical (unpaired) electrons. The molecule has 4 heteroatoms. The number of esters is 1. The van der Waals surface area contributed by atoms with E-state index in [2.05, 4.69) is 39.0 Å². The molecule has 1 heterocycles. The zero-order valence-electron chi connectivity index (χ0n) is 11.5. The molecule has 102 valence electrons. The normalized spacial score (nSPS) is 11.1. The van der Waals surface area contributed by atoms with Gasteiger partial charge < -0.3 is 14.6 Å². The first-order chi connectivity index (χ1) is 9.20. The van der Waals surface area contributed by atoms with E-state index in [4.69, 9.17) is 0 Å². The number of nitrogens with one attached hydrogen (secondary N) is 1. The summed E-state index contributed by atoms with van der Waals surface area (Å²) in [6.07, 6.45) is 3.49. The lowest BCUT2D eigenvalue weighted by Gasteiger charge is -2.15. The van der Waals surface area contributed by atoms with E-state index in [0.717, 1.165) is 19.5 Å². The Hall–Kier alpha value is -1.81. The summed E-state index contributed by atoms with van der Waals surface area (Å²) in [6, 6.07) is 8.31. The number of likely N-dealkylation sites (N-methyl/N-ethyl adjacent to an activating group) is 1. The zero-order chi connectivity index (χ0) is 13.7. The molecule has 19 heavy (non-hydrogen) atoms. The monoisotopic (exact) mass is 260 g/mol. The van der Waals surface area contributed by atoms with Gasteiger partial charge in [0.1, 0.15) is 0 Å². The average Bonchev–Trinajstić information content (AvgIpc) is 2.85. The van der Waals surface area contributed by atoms with Crippen molar-refractivity contribution in [3.05, 3.63) is 36.0 Å². The van der Waals surface area contributed by atoms with Crippen LogP contribution in [0.2, 0.25) is 0 Å². The number of hydrogen-bond donors (Lipinski definition) is 1. The Labute approximate surface area is 113 Å². The number of hydrogen-bond acceptors (Lipinski definition) is 3. The molecule has 1 N–H and O–H groups in total. The highest BCUT2D eigenvalue weighted by atomic mass is 16.5. The Kier molecular flexibility index (Phi) is 4.58. The Balaban J connectivity index is 1.86. The second kappa shape index (κ2) is 6.38. The van der Waals surface area contributed by atoms with Gasteiger partial charge in [0.05, 0.1) is 13.5 Å². The van der Waals surface area contributed by atoms with Crippen LogP contribution in [-0.4, -0.2) is 43.1 Å². The van der Waals surface area contributed by atoms with Crippen LogP contribution in [0, 0.1) is 0 Å². The first-order valence-electron chi connectivity index (χ1n) is 6.51. The fraction of sp³-hybridized carbons (Fsp3) is 0.400. The Morgan fingerprint density at radius 3 is 2.89 bits per heavy atom. The van der Waals surface area contributed by atoms with Crippen molar-refractivity contribution in [1.82, 2.24) is 9.88 Å². The fourth-order valence-electron chi connectivity index (χ4n) is 2.15. The molecular weight excluding hydrogens is 240 g/mol. The number of aromatic nitrogens is 1. The molecule has 0 saturated heterocycles. The largest absolute Gasteiger partial charge is 0.469 e. The standard InChI is InChI=1S/C15H20N2O2/c1-17(10-8-15(18)19-2)9-7-12-11-16-14-6-4-3-5-13(12)14/h3-6,11,16H,7-10H2,1-2H3. The average molecular weight is 260 g/mol. The molecule has 0 amide bonds. The highest BCUT2D eigenvalue weighted by Gasteiger charge is 2.06. The Morgan fingerprint density at radius 1 is 1.32 bits per heavy atom. The molecule has 0 aliphatic rings. The van der Waals surface area contributed by atoms with Crippen molar-refractivity contribution in [2.75, 3.05) is 27.2 Å². The number of para-hydroxylation sites is 1. The van der Waals surface area contributed by atoms with Gasteiger partial charge in [-0.2, -0.15) is 0 Å². The number of methoxy groups -OCH3 is 1. The van der Waals surface area contributed by atoms with Crippen LogP contribution in [0.4, 0.5) is 0 Å². The predicted octanol–water partition coefficient (Wildman–Crippen LogP) is 2.21. The van der Waals surface area contributed by atoms with Crippen molar-refractivity contribution in [2.24, 2.45) is 0 Å². The third-order valence-electron chi connectivity index (χ3n) is 3.36. The third kappa shape index (κ3) is 3.58. The number of aromatic amines is 1. The minimum absolute atomic E-state index is 0.154. The van der Waals surface area contributed by atoms with Crippen LogP contribution in [0.5, 0.6) is 0 Å². The minimum atomic E-state index is -0.154. The van der Waals surface area contributed by atoms with Gasteiger partial charge in [0, 0.05) is 30.2 Å². The quantitative estimate of drug-likeness (QED) is 0.810. The zero-order valence-corrected chi connectivity index (χ0v) is 11.5. The van der Waals surface area contributed by atoms with Crippen LogP contribution in [-0.2, 0) is 16.0 Å². The van der Waals surface area contributed by atoms with Crippen molar-refractivity contribution in [1.29, 1.82) is 0 Å². The van der Waals surface area contributed by atoms with Gasteiger partial charge in [-0.15, -0.1) is 0 Å². The summed E-state index contributed by atoms with van der Waals surface area (Å²) in [5, 5.41) is 1.28. The summed E-state index contributed by atoms with van der Waals surface area (Å²) in [5.74, 6) is -0.154. The van der Waals surface area contributed by atoms with E-state index in [1.807, 2.05) is 13.1 Å². The topological polar surface area (TPSA) is 45.3 Å². The molecule has 2 rings (SSSR count). The molecule has 0 bridgehead atoms. The van der Waals surface area contributed by atoms with Gasteiger partial charge in [-0.05, 0) is 25.1 Å². The van der Waals surface area contributed by atoms with E-state index in [-0.39, 0.29) is 5.97 Å². The smallest absolute Gasteiger partial charge is 0.306 e. The number of H-pyrrole nitrogens is 1. The number of nitrogens with zero attached hydrogens (tertiary/aromatic N) is 1. The van der Waals surface area contributed by atoms with Gasteiger partial charge >= 0.3 is 5.97 Å². The van der Waals surface area contributed by atoms with Crippen LogP contribution in [0.15, 0.2) is 30.5 Å². The van der Waals surface area contributed by atoms with Gasteiger partial charge in [0.2, 0.25) is 0 Å². The maximum absolute atomic E-state index is 11.1. The SMILES string of the molecule is COC(=O)CCN(C)CCc1c[nH]c2ccccc12.